The van der Waals surface area contributed by atoms with Crippen LogP contribution in [0.2, 0.25) is 0 Å². The second-order valence-corrected chi connectivity index (χ2v) is 14.7. The van der Waals surface area contributed by atoms with Crippen molar-refractivity contribution < 1.29 is 23.9 Å². The molecule has 4 atom stereocenters. The summed E-state index contributed by atoms with van der Waals surface area (Å²) in [6.07, 6.45) is 7.05. The number of aliphatic imine (C=N–C) groups is 1. The molecule has 2 aromatic heterocycles. The first-order valence-electron chi connectivity index (χ1n) is 17.4. The van der Waals surface area contributed by atoms with Crippen molar-refractivity contribution in [1.29, 1.82) is 0 Å². The van der Waals surface area contributed by atoms with Gasteiger partial charge >= 0.3 is 11.9 Å². The van der Waals surface area contributed by atoms with E-state index in [0.717, 1.165) is 25.7 Å². The molecule has 0 bridgehead atoms. The number of carbonyl (C=O) groups excluding carboxylic acids is 3. The Bertz CT molecular complexity index is 1620. The average molecular weight is 658 g/mol. The van der Waals surface area contributed by atoms with Crippen molar-refractivity contribution in [2.75, 3.05) is 5.32 Å². The summed E-state index contributed by atoms with van der Waals surface area (Å²) < 4.78 is 12.4. The van der Waals surface area contributed by atoms with Crippen molar-refractivity contribution in [1.82, 2.24) is 15.3 Å². The van der Waals surface area contributed by atoms with Crippen molar-refractivity contribution in [2.45, 2.75) is 100 Å². The minimum atomic E-state index is -0.478. The third-order valence-corrected chi connectivity index (χ3v) is 10.3. The third-order valence-electron chi connectivity index (χ3n) is 10.3. The number of aromatic amines is 1. The highest BCUT2D eigenvalue weighted by Gasteiger charge is 2.38. The first-order chi connectivity index (χ1) is 22.7. The van der Waals surface area contributed by atoms with E-state index in [1.165, 1.54) is 6.92 Å². The summed E-state index contributed by atoms with van der Waals surface area (Å²) in [5.41, 5.74) is 3.08. The van der Waals surface area contributed by atoms with Crippen LogP contribution in [0, 0.1) is 42.4 Å². The fourth-order valence-corrected chi connectivity index (χ4v) is 8.25. The number of esters is 2. The van der Waals surface area contributed by atoms with Gasteiger partial charge in [0.15, 0.2) is 5.82 Å². The normalized spacial score (nSPS) is 30.7. The predicted octanol–water partition coefficient (Wildman–Crippen LogP) is 7.51. The Balaban J connectivity index is 1.51. The van der Waals surface area contributed by atoms with Crippen molar-refractivity contribution in [2.24, 2.45) is 40.5 Å². The van der Waals surface area contributed by atoms with E-state index in [-0.39, 0.29) is 53.2 Å². The third kappa shape index (κ3) is 7.58. The first kappa shape index (κ1) is 35.1. The summed E-state index contributed by atoms with van der Waals surface area (Å²) in [5, 5.41) is 6.10. The van der Waals surface area contributed by atoms with Crippen LogP contribution >= 0.6 is 0 Å². The maximum Gasteiger partial charge on any atom is 0.342 e. The van der Waals surface area contributed by atoms with Crippen LogP contribution < -0.4 is 10.6 Å². The van der Waals surface area contributed by atoms with Crippen LogP contribution in [-0.4, -0.2) is 45.9 Å². The smallest absolute Gasteiger partial charge is 0.342 e. The molecular formula is C38H51N5O5. The molecule has 2 fully saturated rings. The topological polar surface area (TPSA) is 135 Å². The van der Waals surface area contributed by atoms with E-state index in [1.807, 2.05) is 26.0 Å². The highest BCUT2D eigenvalue weighted by Crippen LogP contribution is 2.38. The fraction of sp³-hybridized carbons (Fsp3) is 0.553. The highest BCUT2D eigenvalue weighted by atomic mass is 16.5. The highest BCUT2D eigenvalue weighted by molar-refractivity contribution is 6.23. The molecule has 3 heterocycles. The molecule has 3 N–H and O–H groups in total. The Morgan fingerprint density at radius 3 is 1.96 bits per heavy atom. The molecule has 0 saturated heterocycles. The molecule has 2 saturated carbocycles. The number of H-pyrrole nitrogens is 1. The van der Waals surface area contributed by atoms with Crippen LogP contribution in [0.5, 0.6) is 0 Å². The monoisotopic (exact) mass is 657 g/mol. The molecule has 4 unspecified atom stereocenters. The molecule has 2 aliphatic carbocycles. The number of nitrogens with zero attached hydrogens (tertiary/aromatic N) is 2. The van der Waals surface area contributed by atoms with Gasteiger partial charge in [0.1, 0.15) is 35.0 Å². The maximum absolute atomic E-state index is 13.9. The Morgan fingerprint density at radius 2 is 1.44 bits per heavy atom. The van der Waals surface area contributed by atoms with Crippen molar-refractivity contribution in [3.63, 3.8) is 0 Å². The molecule has 0 spiro atoms. The van der Waals surface area contributed by atoms with E-state index in [1.54, 1.807) is 18.3 Å². The summed E-state index contributed by atoms with van der Waals surface area (Å²) >= 11 is 0. The Kier molecular flexibility index (Phi) is 10.6. The van der Waals surface area contributed by atoms with Gasteiger partial charge in [-0.05, 0) is 104 Å². The molecule has 1 aliphatic heterocycles. The number of nitrogens with one attached hydrogen (secondary N) is 3. The summed E-state index contributed by atoms with van der Waals surface area (Å²) in [4.78, 5) is 52.2. The van der Waals surface area contributed by atoms with E-state index in [0.29, 0.717) is 51.6 Å². The predicted molar refractivity (Wildman–Crippen MR) is 188 cm³/mol. The molecule has 0 radical (unpaired) electrons. The van der Waals surface area contributed by atoms with Crippen LogP contribution in [0.1, 0.15) is 103 Å². The van der Waals surface area contributed by atoms with Gasteiger partial charge in [0.2, 0.25) is 5.91 Å². The summed E-state index contributed by atoms with van der Waals surface area (Å²) in [6.45, 7) is 18.1. The van der Waals surface area contributed by atoms with Crippen molar-refractivity contribution in [3.05, 3.63) is 58.1 Å². The minimum Gasteiger partial charge on any atom is -0.458 e. The van der Waals surface area contributed by atoms with Gasteiger partial charge in [-0.3, -0.25) is 4.79 Å². The number of rotatable bonds is 7. The lowest BCUT2D eigenvalue weighted by Gasteiger charge is -2.37. The quantitative estimate of drug-likeness (QED) is 0.262. The molecule has 258 valence electrons. The van der Waals surface area contributed by atoms with Gasteiger partial charge in [0.25, 0.3) is 0 Å². The van der Waals surface area contributed by atoms with Gasteiger partial charge in [-0.2, -0.15) is 0 Å². The van der Waals surface area contributed by atoms with Crippen LogP contribution in [0.4, 0.5) is 11.6 Å². The van der Waals surface area contributed by atoms with Crippen LogP contribution in [0.25, 0.3) is 6.08 Å². The number of allylic oxidation sites excluding steroid dienone is 1. The van der Waals surface area contributed by atoms with Crippen molar-refractivity contribution >= 4 is 41.4 Å². The largest absolute Gasteiger partial charge is 0.458 e. The number of amidine groups is 1. The lowest BCUT2D eigenvalue weighted by atomic mass is 9.75. The number of aromatic nitrogens is 2. The van der Waals surface area contributed by atoms with E-state index >= 15 is 0 Å². The van der Waals surface area contributed by atoms with E-state index in [4.69, 9.17) is 14.5 Å². The number of hydrogen-bond donors (Lipinski definition) is 3. The van der Waals surface area contributed by atoms with E-state index in [2.05, 4.69) is 62.1 Å². The van der Waals surface area contributed by atoms with Gasteiger partial charge in [-0.15, -0.1) is 0 Å². The molecule has 1 amide bonds. The summed E-state index contributed by atoms with van der Waals surface area (Å²) in [7, 11) is 0. The molecule has 5 rings (SSSR count). The molecule has 10 nitrogen and oxygen atoms in total. The maximum atomic E-state index is 13.9. The van der Waals surface area contributed by atoms with Crippen LogP contribution in [0.3, 0.4) is 0 Å². The van der Waals surface area contributed by atoms with E-state index < -0.39 is 11.9 Å². The van der Waals surface area contributed by atoms with Crippen LogP contribution in [0.15, 0.2) is 46.2 Å². The molecule has 0 aromatic carbocycles. The van der Waals surface area contributed by atoms with E-state index in [9.17, 15) is 14.4 Å². The fourth-order valence-electron chi connectivity index (χ4n) is 8.25. The Morgan fingerprint density at radius 1 is 0.875 bits per heavy atom. The first-order valence-corrected chi connectivity index (χ1v) is 17.4. The SMILES string of the molecule is CC(=O)Nc1[nH]c(C=C2NC(=Nc3ccccn3)C(C(=O)OC3C(C)CC(C)CC3C)=C2C)c(C)c1C(=O)OC1C(C)CC(C)CC1C. The zero-order valence-corrected chi connectivity index (χ0v) is 29.8. The molecule has 10 heteroatoms. The number of amides is 1. The summed E-state index contributed by atoms with van der Waals surface area (Å²) in [6, 6.07) is 5.41. The second-order valence-electron chi connectivity index (χ2n) is 14.7. The van der Waals surface area contributed by atoms with Gasteiger partial charge < -0.3 is 25.1 Å². The van der Waals surface area contributed by atoms with Gasteiger partial charge in [0.05, 0.1) is 0 Å². The Labute approximate surface area is 284 Å². The number of carbonyl (C=O) groups is 3. The number of pyridine rings is 1. The zero-order chi connectivity index (χ0) is 34.9. The van der Waals surface area contributed by atoms with Gasteiger partial charge in [-0.25, -0.2) is 19.6 Å². The number of anilines is 1. The molecule has 48 heavy (non-hydrogen) atoms. The molecule has 2 aromatic rings. The zero-order valence-electron chi connectivity index (χ0n) is 29.8. The van der Waals surface area contributed by atoms with Crippen molar-refractivity contribution in [3.8, 4) is 0 Å². The number of hydrogen-bond acceptors (Lipinski definition) is 7. The number of ether oxygens (including phenoxy) is 2. The standard InChI is InChI=1S/C38H51N5O5/c1-19-14-21(3)33(22(4)15-19)47-37(45)31-25(7)28(41-35(31)40-27(9)44)18-29-26(8)32(36(42-29)43-30-12-10-11-13-39-30)38(46)48-34-23(5)16-20(2)17-24(34)6/h10-13,18-24,33-34,41H,14-17H2,1-9H3,(H,40,44)(H,39,42,43). The lowest BCUT2D eigenvalue weighted by molar-refractivity contribution is -0.152. The van der Waals surface area contributed by atoms with Crippen LogP contribution in [-0.2, 0) is 19.1 Å². The average Bonchev–Trinajstić information content (AvgIpc) is 3.46. The van der Waals surface area contributed by atoms with Gasteiger partial charge in [-0.1, -0.05) is 47.6 Å². The summed E-state index contributed by atoms with van der Waals surface area (Å²) in [5.74, 6) is 1.93. The Hall–Kier alpha value is -4.21. The second kappa shape index (κ2) is 14.5. The lowest BCUT2D eigenvalue weighted by Crippen LogP contribution is -2.38. The minimum absolute atomic E-state index is 0.199. The van der Waals surface area contributed by atoms with Gasteiger partial charge in [0, 0.05) is 24.5 Å². The molecule has 3 aliphatic rings. The molecular weight excluding hydrogens is 606 g/mol.